The smallest absolute Gasteiger partial charge is 0.238 e. The topological polar surface area (TPSA) is 66.5 Å². The Morgan fingerprint density at radius 3 is 2.44 bits per heavy atom. The van der Waals surface area contributed by atoms with Gasteiger partial charge >= 0.3 is 0 Å². The van der Waals surface area contributed by atoms with Crippen molar-refractivity contribution in [3.05, 3.63) is 136 Å². The van der Waals surface area contributed by atoms with Crippen LogP contribution in [0.4, 0.5) is 15.8 Å². The number of rotatable bonds is 4. The number of carbonyl (C=O) groups is 3. The molecule has 0 saturated carbocycles. The predicted molar refractivity (Wildman–Crippen MR) is 157 cm³/mol. The van der Waals surface area contributed by atoms with Crippen LogP contribution in [0.15, 0.2) is 97.1 Å². The Bertz CT molecular complexity index is 1800. The van der Waals surface area contributed by atoms with Crippen molar-refractivity contribution in [1.29, 1.82) is 0 Å². The molecule has 0 bridgehead atoms. The summed E-state index contributed by atoms with van der Waals surface area (Å²) in [5.74, 6) is -3.28. The molecule has 0 unspecified atom stereocenters. The van der Waals surface area contributed by atoms with Crippen LogP contribution < -0.4 is 10.2 Å². The van der Waals surface area contributed by atoms with Crippen molar-refractivity contribution in [3.63, 3.8) is 0 Å². The van der Waals surface area contributed by atoms with Gasteiger partial charge in [-0.2, -0.15) is 0 Å². The Hall–Kier alpha value is -4.55. The molecule has 1 fully saturated rings. The molecule has 0 radical (unpaired) electrons. The average molecular weight is 563 g/mol. The van der Waals surface area contributed by atoms with Crippen LogP contribution in [-0.2, 0) is 10.2 Å². The van der Waals surface area contributed by atoms with Crippen LogP contribution >= 0.6 is 11.6 Å². The van der Waals surface area contributed by atoms with Gasteiger partial charge in [-0.1, -0.05) is 65.7 Å². The van der Waals surface area contributed by atoms with E-state index in [1.807, 2.05) is 60.4 Å². The van der Waals surface area contributed by atoms with Crippen molar-refractivity contribution >= 4 is 46.5 Å². The predicted octanol–water partition coefficient (Wildman–Crippen LogP) is 6.64. The molecule has 1 saturated heterocycles. The van der Waals surface area contributed by atoms with Crippen LogP contribution in [0.3, 0.4) is 0 Å². The highest BCUT2D eigenvalue weighted by atomic mass is 35.5. The maximum Gasteiger partial charge on any atom is 0.238 e. The Labute approximate surface area is 241 Å². The highest BCUT2D eigenvalue weighted by Gasteiger charge is 2.70. The molecule has 7 rings (SSSR count). The average Bonchev–Trinajstić information content (AvgIpc) is 3.45. The van der Waals surface area contributed by atoms with Crippen LogP contribution in [0.25, 0.3) is 6.08 Å². The lowest BCUT2D eigenvalue weighted by molar-refractivity contribution is -0.121. The molecular formula is C34H24ClFN2O3. The number of benzene rings is 4. The van der Waals surface area contributed by atoms with E-state index in [1.165, 1.54) is 18.2 Å². The number of Topliss-reactive ketones (excluding diaryl/α,β-unsaturated/α-hetero) is 2. The zero-order valence-corrected chi connectivity index (χ0v) is 22.7. The highest BCUT2D eigenvalue weighted by Crippen LogP contribution is 2.58. The van der Waals surface area contributed by atoms with Crippen LogP contribution in [-0.4, -0.2) is 29.6 Å². The van der Waals surface area contributed by atoms with Gasteiger partial charge in [0, 0.05) is 22.0 Å². The maximum absolute atomic E-state index is 15.3. The maximum atomic E-state index is 15.3. The largest absolute Gasteiger partial charge is 0.352 e. The zero-order chi connectivity index (χ0) is 28.5. The molecule has 5 nitrogen and oxygen atoms in total. The molecular weight excluding hydrogens is 539 g/mol. The van der Waals surface area contributed by atoms with Crippen LogP contribution in [0.5, 0.6) is 0 Å². The number of nitrogens with one attached hydrogen (secondary N) is 1. The number of nitrogens with zero attached hydrogens (tertiary/aromatic N) is 1. The molecule has 3 aliphatic rings. The Morgan fingerprint density at radius 2 is 1.66 bits per heavy atom. The monoisotopic (exact) mass is 562 g/mol. The number of amides is 1. The SMILES string of the molecule is Cc1ccc2c(c1)C=C[C@H]1N2[C@H](C(=O)c2ccc(Cl)cc2)[C@H](C(=O)c2ccccc2F)[C@]12C(=O)Nc1ccccc12. The van der Waals surface area contributed by atoms with Crippen molar-refractivity contribution in [2.24, 2.45) is 5.92 Å². The van der Waals surface area contributed by atoms with Gasteiger partial charge in [-0.3, -0.25) is 14.4 Å². The number of hydrogen-bond donors (Lipinski definition) is 1. The molecule has 3 aliphatic heterocycles. The summed E-state index contributed by atoms with van der Waals surface area (Å²) in [6, 6.07) is 23.5. The van der Waals surface area contributed by atoms with Crippen LogP contribution in [0.1, 0.15) is 37.4 Å². The van der Waals surface area contributed by atoms with Crippen molar-refractivity contribution in [2.45, 2.75) is 24.4 Å². The highest BCUT2D eigenvalue weighted by molar-refractivity contribution is 6.30. The number of para-hydroxylation sites is 1. The third kappa shape index (κ3) is 3.57. The molecule has 4 aromatic carbocycles. The Morgan fingerprint density at radius 1 is 0.927 bits per heavy atom. The van der Waals surface area contributed by atoms with E-state index in [1.54, 1.807) is 36.4 Å². The van der Waals surface area contributed by atoms with Gasteiger partial charge in [-0.05, 0) is 72.6 Å². The van der Waals surface area contributed by atoms with Crippen molar-refractivity contribution < 1.29 is 18.8 Å². The Kier molecular flexibility index (Phi) is 5.73. The van der Waals surface area contributed by atoms with Gasteiger partial charge in [0.25, 0.3) is 0 Å². The first-order valence-electron chi connectivity index (χ1n) is 13.4. The molecule has 1 spiro atoms. The number of anilines is 2. The molecule has 7 heteroatoms. The second-order valence-corrected chi connectivity index (χ2v) is 11.2. The minimum Gasteiger partial charge on any atom is -0.352 e. The van der Waals surface area contributed by atoms with Gasteiger partial charge in [0.2, 0.25) is 5.91 Å². The standard InChI is InChI=1S/C34H24ClFN2O3/c1-19-10-16-27-21(18-19)13-17-28-34(24-7-3-5-9-26(24)37-33(34)41)29(32(40)23-6-2-4-8-25(23)36)30(38(27)28)31(39)20-11-14-22(35)15-12-20/h2-18,28-30H,1H3,(H,37,41)/t28-,29-,30+,34-/m1/s1. The molecule has 3 heterocycles. The van der Waals surface area contributed by atoms with Gasteiger partial charge in [-0.15, -0.1) is 0 Å². The number of ketones is 2. The molecule has 4 aromatic rings. The van der Waals surface area contributed by atoms with E-state index in [-0.39, 0.29) is 11.3 Å². The number of fused-ring (bicyclic) bond motifs is 6. The number of hydrogen-bond acceptors (Lipinski definition) is 4. The summed E-state index contributed by atoms with van der Waals surface area (Å²) in [6.07, 6.45) is 3.85. The van der Waals surface area contributed by atoms with Crippen molar-refractivity contribution in [1.82, 2.24) is 0 Å². The third-order valence-corrected chi connectivity index (χ3v) is 8.86. The summed E-state index contributed by atoms with van der Waals surface area (Å²) >= 11 is 6.14. The van der Waals surface area contributed by atoms with Crippen LogP contribution in [0.2, 0.25) is 5.02 Å². The van der Waals surface area contributed by atoms with Crippen molar-refractivity contribution in [3.8, 4) is 0 Å². The molecule has 4 atom stereocenters. The summed E-state index contributed by atoms with van der Waals surface area (Å²) in [4.78, 5) is 45.5. The summed E-state index contributed by atoms with van der Waals surface area (Å²) in [6.45, 7) is 1.98. The molecule has 41 heavy (non-hydrogen) atoms. The fourth-order valence-corrected chi connectivity index (χ4v) is 7.04. The second kappa shape index (κ2) is 9.25. The number of aryl methyl sites for hydroxylation is 1. The summed E-state index contributed by atoms with van der Waals surface area (Å²) in [5, 5.41) is 3.44. The van der Waals surface area contributed by atoms with E-state index >= 15 is 4.39 Å². The first kappa shape index (κ1) is 25.4. The molecule has 202 valence electrons. The lowest BCUT2D eigenvalue weighted by atomic mass is 9.64. The minimum atomic E-state index is -1.50. The Balaban J connectivity index is 1.55. The van der Waals surface area contributed by atoms with Gasteiger partial charge < -0.3 is 10.2 Å². The summed E-state index contributed by atoms with van der Waals surface area (Å²) in [5.41, 5.74) is 2.51. The molecule has 0 aliphatic carbocycles. The van der Waals surface area contributed by atoms with Gasteiger partial charge in [0.1, 0.15) is 17.3 Å². The quantitative estimate of drug-likeness (QED) is 0.283. The lowest BCUT2D eigenvalue weighted by Gasteiger charge is -2.37. The fourth-order valence-electron chi connectivity index (χ4n) is 6.91. The number of carbonyl (C=O) groups excluding carboxylic acids is 3. The first-order valence-corrected chi connectivity index (χ1v) is 13.8. The van der Waals surface area contributed by atoms with Gasteiger partial charge in [0.15, 0.2) is 11.6 Å². The van der Waals surface area contributed by atoms with Crippen molar-refractivity contribution in [2.75, 3.05) is 10.2 Å². The fraction of sp³-hybridized carbons (Fsp3) is 0.147. The molecule has 1 N–H and O–H groups in total. The first-order chi connectivity index (χ1) is 19.8. The van der Waals surface area contributed by atoms with Gasteiger partial charge in [-0.25, -0.2) is 4.39 Å². The second-order valence-electron chi connectivity index (χ2n) is 10.8. The molecule has 0 aromatic heterocycles. The van der Waals surface area contributed by atoms with E-state index in [0.717, 1.165) is 16.8 Å². The minimum absolute atomic E-state index is 0.157. The third-order valence-electron chi connectivity index (χ3n) is 8.61. The van der Waals surface area contributed by atoms with E-state index in [4.69, 9.17) is 11.6 Å². The van der Waals surface area contributed by atoms with Gasteiger partial charge in [0.05, 0.1) is 17.5 Å². The number of halogens is 2. The van der Waals surface area contributed by atoms with E-state index < -0.39 is 40.9 Å². The van der Waals surface area contributed by atoms with E-state index in [0.29, 0.717) is 21.8 Å². The molecule has 1 amide bonds. The summed E-state index contributed by atoms with van der Waals surface area (Å²) in [7, 11) is 0. The van der Waals surface area contributed by atoms with Crippen LogP contribution in [0, 0.1) is 18.7 Å². The summed E-state index contributed by atoms with van der Waals surface area (Å²) < 4.78 is 15.3. The normalized spacial score (nSPS) is 23.6. The zero-order valence-electron chi connectivity index (χ0n) is 22.0. The van der Waals surface area contributed by atoms with E-state index in [9.17, 15) is 14.4 Å². The lowest BCUT2D eigenvalue weighted by Crippen LogP contribution is -2.51. The van der Waals surface area contributed by atoms with E-state index in [2.05, 4.69) is 5.32 Å².